The fraction of sp³-hybridized carbons (Fsp3) is 0.500. The molecule has 1 aliphatic rings. The van der Waals surface area contributed by atoms with Gasteiger partial charge in [0.1, 0.15) is 11.6 Å². The van der Waals surface area contributed by atoms with Gasteiger partial charge >= 0.3 is 0 Å². The highest BCUT2D eigenvalue weighted by molar-refractivity contribution is 5.85. The van der Waals surface area contributed by atoms with E-state index in [1.807, 2.05) is 0 Å². The van der Waals surface area contributed by atoms with Gasteiger partial charge in [0.25, 0.3) is 0 Å². The number of carbonyl (C=O) groups is 1. The highest BCUT2D eigenvalue weighted by atomic mass is 35.5. The fourth-order valence-electron chi connectivity index (χ4n) is 2.70. The van der Waals surface area contributed by atoms with Gasteiger partial charge in [-0.2, -0.15) is 0 Å². The van der Waals surface area contributed by atoms with Crippen molar-refractivity contribution in [2.45, 2.75) is 25.8 Å². The van der Waals surface area contributed by atoms with Crippen LogP contribution in [0.25, 0.3) is 0 Å². The Labute approximate surface area is 123 Å². The number of hydrogen-bond donors (Lipinski definition) is 2. The summed E-state index contributed by atoms with van der Waals surface area (Å²) in [6.07, 6.45) is 2.82. The zero-order valence-electron chi connectivity index (χ0n) is 11.1. The van der Waals surface area contributed by atoms with Gasteiger partial charge in [0, 0.05) is 18.5 Å². The van der Waals surface area contributed by atoms with Gasteiger partial charge in [-0.15, -0.1) is 12.4 Å². The SMILES string of the molecule is Cl.NC[C@H]1CCC[C@H]1C(=O)NCc1cc(F)cc(F)c1. The Balaban J connectivity index is 0.00000200. The zero-order valence-corrected chi connectivity index (χ0v) is 11.9. The summed E-state index contributed by atoms with van der Waals surface area (Å²) in [5.41, 5.74) is 6.05. The van der Waals surface area contributed by atoms with Crippen molar-refractivity contribution < 1.29 is 13.6 Å². The van der Waals surface area contributed by atoms with Crippen LogP contribution in [0.1, 0.15) is 24.8 Å². The molecular weight excluding hydrogens is 286 g/mol. The van der Waals surface area contributed by atoms with Crippen molar-refractivity contribution in [2.24, 2.45) is 17.6 Å². The largest absolute Gasteiger partial charge is 0.352 e. The van der Waals surface area contributed by atoms with E-state index < -0.39 is 11.6 Å². The topological polar surface area (TPSA) is 55.1 Å². The summed E-state index contributed by atoms with van der Waals surface area (Å²) in [4.78, 5) is 12.0. The second-order valence-corrected chi connectivity index (χ2v) is 5.03. The molecule has 2 atom stereocenters. The monoisotopic (exact) mass is 304 g/mol. The van der Waals surface area contributed by atoms with Crippen molar-refractivity contribution in [3.63, 3.8) is 0 Å². The van der Waals surface area contributed by atoms with Crippen LogP contribution in [0.3, 0.4) is 0 Å². The predicted molar refractivity (Wildman–Crippen MR) is 75.3 cm³/mol. The van der Waals surface area contributed by atoms with Crippen molar-refractivity contribution >= 4 is 18.3 Å². The maximum absolute atomic E-state index is 13.0. The summed E-state index contributed by atoms with van der Waals surface area (Å²) in [6, 6.07) is 3.25. The molecule has 0 aromatic heterocycles. The van der Waals surface area contributed by atoms with Gasteiger partial charge in [0.05, 0.1) is 0 Å². The number of nitrogens with one attached hydrogen (secondary N) is 1. The van der Waals surface area contributed by atoms with Crippen molar-refractivity contribution in [2.75, 3.05) is 6.54 Å². The van der Waals surface area contributed by atoms with Crippen molar-refractivity contribution in [1.29, 1.82) is 0 Å². The Kier molecular flexibility index (Phi) is 6.36. The van der Waals surface area contributed by atoms with Crippen molar-refractivity contribution in [3.8, 4) is 0 Å². The van der Waals surface area contributed by atoms with Crippen LogP contribution in [0.15, 0.2) is 18.2 Å². The third-order valence-electron chi connectivity index (χ3n) is 3.69. The van der Waals surface area contributed by atoms with Crippen LogP contribution >= 0.6 is 12.4 Å². The Hall–Kier alpha value is -1.20. The molecule has 0 unspecified atom stereocenters. The summed E-state index contributed by atoms with van der Waals surface area (Å²) >= 11 is 0. The second kappa shape index (κ2) is 7.55. The molecule has 20 heavy (non-hydrogen) atoms. The summed E-state index contributed by atoms with van der Waals surface area (Å²) in [6.45, 7) is 0.647. The Morgan fingerprint density at radius 2 is 1.90 bits per heavy atom. The predicted octanol–water partition coefficient (Wildman–Crippen LogP) is 2.38. The number of halogens is 3. The summed E-state index contributed by atoms with van der Waals surface area (Å²) in [7, 11) is 0. The molecule has 1 aliphatic carbocycles. The lowest BCUT2D eigenvalue weighted by Crippen LogP contribution is -2.34. The molecule has 1 fully saturated rings. The van der Waals surface area contributed by atoms with Crippen LogP contribution in [0, 0.1) is 23.5 Å². The molecule has 112 valence electrons. The molecule has 3 N–H and O–H groups in total. The lowest BCUT2D eigenvalue weighted by Gasteiger charge is -2.17. The van der Waals surface area contributed by atoms with Crippen LogP contribution in [-0.2, 0) is 11.3 Å². The third kappa shape index (κ3) is 4.15. The first-order valence-electron chi connectivity index (χ1n) is 6.53. The van der Waals surface area contributed by atoms with Crippen LogP contribution in [0.4, 0.5) is 8.78 Å². The van der Waals surface area contributed by atoms with E-state index in [4.69, 9.17) is 5.73 Å². The zero-order chi connectivity index (χ0) is 13.8. The van der Waals surface area contributed by atoms with Crippen LogP contribution in [0.5, 0.6) is 0 Å². The Morgan fingerprint density at radius 1 is 1.25 bits per heavy atom. The minimum absolute atomic E-state index is 0. The van der Waals surface area contributed by atoms with E-state index >= 15 is 0 Å². The molecule has 0 bridgehead atoms. The van der Waals surface area contributed by atoms with E-state index in [-0.39, 0.29) is 36.7 Å². The number of hydrogen-bond acceptors (Lipinski definition) is 2. The van der Waals surface area contributed by atoms with Gasteiger partial charge in [-0.25, -0.2) is 8.78 Å². The molecule has 0 heterocycles. The maximum Gasteiger partial charge on any atom is 0.223 e. The smallest absolute Gasteiger partial charge is 0.223 e. The molecule has 1 saturated carbocycles. The maximum atomic E-state index is 13.0. The van der Waals surface area contributed by atoms with Gasteiger partial charge in [-0.05, 0) is 43.0 Å². The van der Waals surface area contributed by atoms with E-state index in [2.05, 4.69) is 5.32 Å². The molecule has 1 aromatic rings. The number of nitrogens with two attached hydrogens (primary N) is 1. The Bertz CT molecular complexity index is 450. The number of carbonyl (C=O) groups excluding carboxylic acids is 1. The van der Waals surface area contributed by atoms with Gasteiger partial charge in [0.2, 0.25) is 5.91 Å². The summed E-state index contributed by atoms with van der Waals surface area (Å²) in [5.74, 6) is -1.18. The quantitative estimate of drug-likeness (QED) is 0.897. The van der Waals surface area contributed by atoms with Gasteiger partial charge < -0.3 is 11.1 Å². The van der Waals surface area contributed by atoms with E-state index in [0.717, 1.165) is 25.3 Å². The van der Waals surface area contributed by atoms with E-state index in [1.165, 1.54) is 12.1 Å². The lowest BCUT2D eigenvalue weighted by molar-refractivity contribution is -0.126. The summed E-state index contributed by atoms with van der Waals surface area (Å²) in [5, 5.41) is 2.73. The molecule has 0 spiro atoms. The minimum Gasteiger partial charge on any atom is -0.352 e. The molecule has 0 saturated heterocycles. The van der Waals surface area contributed by atoms with Gasteiger partial charge in [-0.1, -0.05) is 6.42 Å². The molecule has 0 radical (unpaired) electrons. The van der Waals surface area contributed by atoms with Crippen molar-refractivity contribution in [1.82, 2.24) is 5.32 Å². The normalized spacial score (nSPS) is 21.4. The van der Waals surface area contributed by atoms with Crippen LogP contribution in [0.2, 0.25) is 0 Å². The van der Waals surface area contributed by atoms with Crippen LogP contribution < -0.4 is 11.1 Å². The Morgan fingerprint density at radius 3 is 2.50 bits per heavy atom. The number of rotatable bonds is 4. The molecular formula is C14H19ClF2N2O. The molecule has 0 aliphatic heterocycles. The number of benzene rings is 1. The van der Waals surface area contributed by atoms with E-state index in [9.17, 15) is 13.6 Å². The van der Waals surface area contributed by atoms with E-state index in [0.29, 0.717) is 12.1 Å². The fourth-order valence-corrected chi connectivity index (χ4v) is 2.70. The average molecular weight is 305 g/mol. The van der Waals surface area contributed by atoms with Gasteiger partial charge in [-0.3, -0.25) is 4.79 Å². The number of amides is 1. The molecule has 3 nitrogen and oxygen atoms in total. The highest BCUT2D eigenvalue weighted by Crippen LogP contribution is 2.30. The lowest BCUT2D eigenvalue weighted by atomic mass is 9.95. The van der Waals surface area contributed by atoms with E-state index in [1.54, 1.807) is 0 Å². The average Bonchev–Trinajstić information content (AvgIpc) is 2.83. The highest BCUT2D eigenvalue weighted by Gasteiger charge is 2.31. The minimum atomic E-state index is -0.634. The first kappa shape index (κ1) is 16.9. The van der Waals surface area contributed by atoms with Crippen molar-refractivity contribution in [3.05, 3.63) is 35.4 Å². The standard InChI is InChI=1S/C14H18F2N2O.ClH/c15-11-4-9(5-12(16)6-11)8-18-14(19)13-3-1-2-10(13)7-17;/h4-6,10,13H,1-3,7-8,17H2,(H,18,19);1H/t10-,13-;/m1./s1. The van der Waals surface area contributed by atoms with Gasteiger partial charge in [0.15, 0.2) is 0 Å². The third-order valence-corrected chi connectivity index (χ3v) is 3.69. The first-order chi connectivity index (χ1) is 9.10. The first-order valence-corrected chi connectivity index (χ1v) is 6.53. The molecule has 1 amide bonds. The van der Waals surface area contributed by atoms with Crippen LogP contribution in [-0.4, -0.2) is 12.5 Å². The summed E-state index contributed by atoms with van der Waals surface area (Å²) < 4.78 is 26.0. The molecule has 6 heteroatoms. The molecule has 1 aromatic carbocycles. The second-order valence-electron chi connectivity index (χ2n) is 5.03. The molecule has 2 rings (SSSR count).